The van der Waals surface area contributed by atoms with E-state index in [1.54, 1.807) is 0 Å². The van der Waals surface area contributed by atoms with Crippen molar-refractivity contribution >= 4 is 56.9 Å². The number of aryl methyl sites for hydroxylation is 2. The van der Waals surface area contributed by atoms with E-state index in [0.717, 1.165) is 0 Å². The lowest BCUT2D eigenvalue weighted by Gasteiger charge is -2.76. The zero-order chi connectivity index (χ0) is 30.8. The molecule has 1 aliphatic rings. The Morgan fingerprint density at radius 2 is 0.650 bits per heavy atom. The fraction of sp³-hybridized carbons (Fsp3) is 0.500. The molecule has 0 saturated carbocycles. The van der Waals surface area contributed by atoms with Crippen LogP contribution in [0.2, 0.25) is 91.7 Å². The third-order valence-electron chi connectivity index (χ3n) is 12.0. The molecular formula is C32H56Si8. The van der Waals surface area contributed by atoms with Crippen LogP contribution in [0.1, 0.15) is 22.3 Å². The predicted molar refractivity (Wildman–Crippen MR) is 204 cm³/mol. The monoisotopic (exact) mass is 664 g/mol. The summed E-state index contributed by atoms with van der Waals surface area (Å²) in [7, 11) is -10.2. The molecule has 0 nitrogen and oxygen atoms in total. The van der Waals surface area contributed by atoms with Gasteiger partial charge >= 0.3 is 0 Å². The molecular weight excluding hydrogens is 609 g/mol. The average molecular weight is 665 g/mol. The van der Waals surface area contributed by atoms with Crippen LogP contribution in [0, 0.1) is 36.8 Å². The molecule has 8 heteroatoms. The van der Waals surface area contributed by atoms with Crippen molar-refractivity contribution in [3.05, 3.63) is 70.8 Å². The van der Waals surface area contributed by atoms with Gasteiger partial charge in [0.2, 0.25) is 0 Å². The fourth-order valence-electron chi connectivity index (χ4n) is 9.79. The van der Waals surface area contributed by atoms with Gasteiger partial charge in [0, 0.05) is 54.7 Å². The second-order valence-corrected chi connectivity index (χ2v) is 110. The van der Waals surface area contributed by atoms with Gasteiger partial charge in [0.15, 0.2) is 0 Å². The smallest absolute Gasteiger partial charge is 0.110 e. The summed E-state index contributed by atoms with van der Waals surface area (Å²) in [5.74, 6) is 7.91. The van der Waals surface area contributed by atoms with Crippen molar-refractivity contribution < 1.29 is 0 Å². The molecule has 1 saturated heterocycles. The van der Waals surface area contributed by atoms with Gasteiger partial charge < -0.3 is 0 Å². The summed E-state index contributed by atoms with van der Waals surface area (Å²) >= 11 is 0. The Hall–Kier alpha value is -0.705. The molecule has 3 rings (SSSR count). The molecule has 2 aromatic carbocycles. The second kappa shape index (κ2) is 10.5. The van der Waals surface area contributed by atoms with E-state index in [1.165, 1.54) is 22.3 Å². The number of benzene rings is 2. The van der Waals surface area contributed by atoms with E-state index in [1.807, 2.05) is 0 Å². The van der Waals surface area contributed by atoms with Crippen LogP contribution >= 0.6 is 0 Å². The van der Waals surface area contributed by atoms with Crippen molar-refractivity contribution in [3.63, 3.8) is 0 Å². The highest BCUT2D eigenvalue weighted by Crippen LogP contribution is 2.56. The molecule has 0 atom stereocenters. The Morgan fingerprint density at radius 3 is 0.850 bits per heavy atom. The minimum absolute atomic E-state index is 1.24. The van der Waals surface area contributed by atoms with Gasteiger partial charge in [-0.2, -0.15) is 0 Å². The minimum atomic E-state index is -1.92. The Kier molecular flexibility index (Phi) is 8.85. The fourth-order valence-corrected chi connectivity index (χ4v) is 404. The molecule has 0 unspecified atom stereocenters. The molecule has 0 aliphatic carbocycles. The Labute approximate surface area is 254 Å². The summed E-state index contributed by atoms with van der Waals surface area (Å²) in [5.41, 5.74) is 14.1. The van der Waals surface area contributed by atoms with Gasteiger partial charge in [-0.25, -0.2) is 0 Å². The van der Waals surface area contributed by atoms with Crippen LogP contribution < -0.4 is 0 Å². The molecule has 0 bridgehead atoms. The van der Waals surface area contributed by atoms with E-state index in [9.17, 15) is 0 Å². The van der Waals surface area contributed by atoms with Crippen LogP contribution in [0.3, 0.4) is 0 Å². The maximum Gasteiger partial charge on any atom is 0.110 e. The van der Waals surface area contributed by atoms with E-state index in [4.69, 9.17) is 0 Å². The SMILES string of the molecule is Cc1ccc(C#C[Si]2([Si](C)(C)C)[Si](C)(C)[Si](C)(C)[Si](C#Cc3ccc(C)cc3)([Si](C)(C)C)[Si](C)(C)[Si]2(C)C)cc1. The number of hydrogen-bond acceptors (Lipinski definition) is 0. The average Bonchev–Trinajstić information content (AvgIpc) is 2.79. The Balaban J connectivity index is 2.50. The molecule has 0 N–H and O–H groups in total. The van der Waals surface area contributed by atoms with E-state index in [-0.39, 0.29) is 0 Å². The van der Waals surface area contributed by atoms with Crippen molar-refractivity contribution in [1.82, 2.24) is 0 Å². The Bertz CT molecular complexity index is 1240. The highest BCUT2D eigenvalue weighted by molar-refractivity contribution is 8.26. The highest BCUT2D eigenvalue weighted by atomic mass is 30.4. The first-order valence-corrected chi connectivity index (χ1v) is 46.1. The molecule has 0 aromatic heterocycles. The van der Waals surface area contributed by atoms with Gasteiger partial charge in [0.25, 0.3) is 0 Å². The maximum atomic E-state index is 4.50. The van der Waals surface area contributed by atoms with Gasteiger partial charge in [-0.05, 0) is 38.1 Å². The molecule has 2 aromatic rings. The van der Waals surface area contributed by atoms with E-state index in [0.29, 0.717) is 0 Å². The lowest BCUT2D eigenvalue weighted by Crippen LogP contribution is -3.09. The molecule has 40 heavy (non-hydrogen) atoms. The normalized spacial score (nSPS) is 26.6. The first kappa shape index (κ1) is 33.8. The van der Waals surface area contributed by atoms with Crippen molar-refractivity contribution in [3.8, 4) is 22.9 Å². The molecule has 1 fully saturated rings. The van der Waals surface area contributed by atoms with Gasteiger partial charge in [-0.1, -0.05) is 139 Å². The molecule has 1 heterocycles. The topological polar surface area (TPSA) is 0 Å². The zero-order valence-corrected chi connectivity index (χ0v) is 36.6. The van der Waals surface area contributed by atoms with Crippen molar-refractivity contribution in [2.24, 2.45) is 0 Å². The molecule has 0 radical (unpaired) electrons. The summed E-state index contributed by atoms with van der Waals surface area (Å²) in [4.78, 5) is 0. The van der Waals surface area contributed by atoms with Crippen molar-refractivity contribution in [2.75, 3.05) is 0 Å². The lowest BCUT2D eigenvalue weighted by molar-refractivity contribution is 1.46. The second-order valence-electron chi connectivity index (χ2n) is 16.7. The van der Waals surface area contributed by atoms with Gasteiger partial charge in [0.1, 0.15) is 13.3 Å². The number of rotatable bonds is 2. The van der Waals surface area contributed by atoms with Crippen LogP contribution in [-0.4, -0.2) is 56.9 Å². The highest BCUT2D eigenvalue weighted by Gasteiger charge is 2.85. The zero-order valence-electron chi connectivity index (χ0n) is 28.6. The summed E-state index contributed by atoms with van der Waals surface area (Å²) < 4.78 is 0. The largest absolute Gasteiger partial charge is 0.136 e. The van der Waals surface area contributed by atoms with Gasteiger partial charge in [-0.3, -0.25) is 0 Å². The van der Waals surface area contributed by atoms with Gasteiger partial charge in [-0.15, -0.1) is 11.1 Å². The van der Waals surface area contributed by atoms with Crippen molar-refractivity contribution in [2.45, 2.75) is 106 Å². The van der Waals surface area contributed by atoms with E-state index in [2.05, 4.69) is 177 Å². The van der Waals surface area contributed by atoms with Crippen LogP contribution in [0.5, 0.6) is 0 Å². The maximum absolute atomic E-state index is 4.50. The third kappa shape index (κ3) is 4.60. The lowest BCUT2D eigenvalue weighted by atomic mass is 10.2. The Morgan fingerprint density at radius 1 is 0.425 bits per heavy atom. The van der Waals surface area contributed by atoms with Crippen LogP contribution in [0.15, 0.2) is 48.5 Å². The molecule has 216 valence electrons. The van der Waals surface area contributed by atoms with Crippen molar-refractivity contribution in [1.29, 1.82) is 0 Å². The molecule has 0 spiro atoms. The van der Waals surface area contributed by atoms with E-state index >= 15 is 0 Å². The van der Waals surface area contributed by atoms with Crippen LogP contribution in [0.4, 0.5) is 0 Å². The molecule has 0 amide bonds. The number of hydrogen-bond donors (Lipinski definition) is 0. The summed E-state index contributed by atoms with van der Waals surface area (Å²) in [6.07, 6.45) is 0. The minimum Gasteiger partial charge on any atom is -0.136 e. The molecule has 1 aliphatic heterocycles. The van der Waals surface area contributed by atoms with Gasteiger partial charge in [0.05, 0.1) is 0 Å². The first-order valence-electron chi connectivity index (χ1n) is 15.1. The first-order chi connectivity index (χ1) is 17.9. The predicted octanol–water partition coefficient (Wildman–Crippen LogP) is 8.83. The van der Waals surface area contributed by atoms with Crippen LogP contribution in [0.25, 0.3) is 0 Å². The quantitative estimate of drug-likeness (QED) is 0.222. The standard InChI is InChI=1S/C32H56Si8/c1-29-17-21-31(22-18-29)25-27-39(33(3,4)5)35(9,10)37(13,14)40(34(6,7)8,38(15,16)36(39,11)12)28-26-32-23-19-30(2)20-24-32/h17-24H,1-16H3. The van der Waals surface area contributed by atoms with E-state index < -0.39 is 56.9 Å². The summed E-state index contributed by atoms with van der Waals surface area (Å²) in [6, 6.07) is 18.1. The summed E-state index contributed by atoms with van der Waals surface area (Å²) in [6.45, 7) is 40.3. The summed E-state index contributed by atoms with van der Waals surface area (Å²) in [5, 5.41) is 0. The van der Waals surface area contributed by atoms with Crippen LogP contribution in [-0.2, 0) is 0 Å². The third-order valence-corrected chi connectivity index (χ3v) is 219.